The van der Waals surface area contributed by atoms with Gasteiger partial charge >= 0.3 is 6.18 Å². The van der Waals surface area contributed by atoms with Crippen molar-refractivity contribution >= 4 is 17.3 Å². The Morgan fingerprint density at radius 1 is 1.33 bits per heavy atom. The van der Waals surface area contributed by atoms with E-state index in [1.807, 2.05) is 0 Å². The quantitative estimate of drug-likeness (QED) is 0.534. The van der Waals surface area contributed by atoms with E-state index in [-0.39, 0.29) is 11.5 Å². The average Bonchev–Trinajstić information content (AvgIpc) is 1.83. The summed E-state index contributed by atoms with van der Waals surface area (Å²) in [7, 11) is 0. The van der Waals surface area contributed by atoms with Gasteiger partial charge in [0.2, 0.25) is 0 Å². The molecule has 12 heavy (non-hydrogen) atoms. The highest BCUT2D eigenvalue weighted by Gasteiger charge is 2.25. The first-order valence-corrected chi connectivity index (χ1v) is 3.93. The number of thiocarbonyl (C=S) groups is 1. The Balaban J connectivity index is 3.17. The molecule has 2 nitrogen and oxygen atoms in total. The molecule has 6 heteroatoms. The van der Waals surface area contributed by atoms with E-state index < -0.39 is 12.6 Å². The van der Waals surface area contributed by atoms with Gasteiger partial charge in [-0.05, 0) is 25.1 Å². The van der Waals surface area contributed by atoms with Gasteiger partial charge in [0.25, 0.3) is 0 Å². The van der Waals surface area contributed by atoms with E-state index in [0.29, 0.717) is 13.0 Å². The predicted octanol–water partition coefficient (Wildman–Crippen LogP) is 1.55. The molecular weight excluding hydrogens is 189 g/mol. The molecule has 72 valence electrons. The fourth-order valence-corrected chi connectivity index (χ4v) is 0.764. The van der Waals surface area contributed by atoms with Crippen molar-refractivity contribution < 1.29 is 13.2 Å². The summed E-state index contributed by atoms with van der Waals surface area (Å²) < 4.78 is 34.7. The summed E-state index contributed by atoms with van der Waals surface area (Å²) in [6.45, 7) is 0.408. The van der Waals surface area contributed by atoms with E-state index in [1.165, 1.54) is 0 Å². The summed E-state index contributed by atoms with van der Waals surface area (Å²) in [6, 6.07) is 0. The minimum atomic E-state index is -4.05. The molecule has 0 fully saturated rings. The number of nitrogens with one attached hydrogen (secondary N) is 1. The Labute approximate surface area is 74.3 Å². The Morgan fingerprint density at radius 2 is 1.92 bits per heavy atom. The molecule has 3 N–H and O–H groups in total. The Morgan fingerprint density at radius 3 is 2.33 bits per heavy atom. The van der Waals surface area contributed by atoms with Crippen molar-refractivity contribution in [3.63, 3.8) is 0 Å². The standard InChI is InChI=1S/C6H11F3N2S/c7-6(8,9)3-1-2-4-11-5(10)12/h1-4H2,(H3,10,11,12). The number of rotatable bonds is 4. The average molecular weight is 200 g/mol. The topological polar surface area (TPSA) is 38.0 Å². The van der Waals surface area contributed by atoms with Crippen molar-refractivity contribution in [3.8, 4) is 0 Å². The van der Waals surface area contributed by atoms with Crippen LogP contribution >= 0.6 is 12.2 Å². The molecule has 0 spiro atoms. The lowest BCUT2D eigenvalue weighted by Gasteiger charge is -2.06. The highest BCUT2D eigenvalue weighted by molar-refractivity contribution is 7.80. The van der Waals surface area contributed by atoms with Gasteiger partial charge in [-0.1, -0.05) is 0 Å². The second kappa shape index (κ2) is 5.18. The van der Waals surface area contributed by atoms with Crippen LogP contribution in [-0.4, -0.2) is 17.8 Å². The van der Waals surface area contributed by atoms with Gasteiger partial charge in [-0.2, -0.15) is 13.2 Å². The molecule has 0 saturated carbocycles. The van der Waals surface area contributed by atoms with Crippen molar-refractivity contribution in [2.75, 3.05) is 6.54 Å². The summed E-state index contributed by atoms with van der Waals surface area (Å²) in [5, 5.41) is 2.70. The highest BCUT2D eigenvalue weighted by atomic mass is 32.1. The summed E-state index contributed by atoms with van der Waals surface area (Å²) in [4.78, 5) is 0. The van der Waals surface area contributed by atoms with Gasteiger partial charge in [0.1, 0.15) is 0 Å². The van der Waals surface area contributed by atoms with Crippen LogP contribution in [0, 0.1) is 0 Å². The van der Waals surface area contributed by atoms with Crippen LogP contribution in [0.5, 0.6) is 0 Å². The van der Waals surface area contributed by atoms with Crippen LogP contribution in [0.2, 0.25) is 0 Å². The van der Waals surface area contributed by atoms with Gasteiger partial charge in [0.15, 0.2) is 5.11 Å². The van der Waals surface area contributed by atoms with Crippen LogP contribution < -0.4 is 11.1 Å². The molecule has 0 aliphatic heterocycles. The van der Waals surface area contributed by atoms with Crippen molar-refractivity contribution in [1.82, 2.24) is 5.32 Å². The van der Waals surface area contributed by atoms with E-state index in [4.69, 9.17) is 5.73 Å². The minimum absolute atomic E-state index is 0.110. The predicted molar refractivity (Wildman–Crippen MR) is 44.7 cm³/mol. The Hall–Kier alpha value is -0.520. The molecule has 0 saturated heterocycles. The number of alkyl halides is 3. The summed E-state index contributed by atoms with van der Waals surface area (Å²) >= 11 is 4.46. The molecule has 0 radical (unpaired) electrons. The molecular formula is C6H11F3N2S. The van der Waals surface area contributed by atoms with Crippen molar-refractivity contribution in [1.29, 1.82) is 0 Å². The molecule has 0 bridgehead atoms. The molecule has 0 aromatic heterocycles. The molecule has 0 heterocycles. The summed E-state index contributed by atoms with van der Waals surface area (Å²) in [5.41, 5.74) is 5.06. The van der Waals surface area contributed by atoms with Crippen LogP contribution in [-0.2, 0) is 0 Å². The Bertz CT molecular complexity index is 146. The zero-order valence-electron chi connectivity index (χ0n) is 6.45. The maximum absolute atomic E-state index is 11.6. The fraction of sp³-hybridized carbons (Fsp3) is 0.833. The summed E-state index contributed by atoms with van der Waals surface area (Å²) in [6.07, 6.45) is -4.26. The normalized spacial score (nSPS) is 11.2. The van der Waals surface area contributed by atoms with E-state index in [9.17, 15) is 13.2 Å². The smallest absolute Gasteiger partial charge is 0.376 e. The Kier molecular flexibility index (Phi) is 4.96. The second-order valence-electron chi connectivity index (χ2n) is 2.36. The van der Waals surface area contributed by atoms with Gasteiger partial charge in [0, 0.05) is 13.0 Å². The zero-order valence-corrected chi connectivity index (χ0v) is 7.26. The lowest BCUT2D eigenvalue weighted by molar-refractivity contribution is -0.135. The van der Waals surface area contributed by atoms with Gasteiger partial charge < -0.3 is 11.1 Å². The van der Waals surface area contributed by atoms with Gasteiger partial charge in [0.05, 0.1) is 0 Å². The SMILES string of the molecule is NC(=S)NCCCCC(F)(F)F. The lowest BCUT2D eigenvalue weighted by atomic mass is 10.2. The third-order valence-corrected chi connectivity index (χ3v) is 1.33. The molecule has 0 rings (SSSR count). The van der Waals surface area contributed by atoms with Gasteiger partial charge in [-0.25, -0.2) is 0 Å². The molecule has 0 atom stereocenters. The van der Waals surface area contributed by atoms with E-state index >= 15 is 0 Å². The lowest BCUT2D eigenvalue weighted by Crippen LogP contribution is -2.29. The monoisotopic (exact) mass is 200 g/mol. The number of nitrogens with two attached hydrogens (primary N) is 1. The van der Waals surface area contributed by atoms with Gasteiger partial charge in [-0.15, -0.1) is 0 Å². The van der Waals surface area contributed by atoms with Gasteiger partial charge in [-0.3, -0.25) is 0 Å². The number of hydrogen-bond acceptors (Lipinski definition) is 1. The van der Waals surface area contributed by atoms with Crippen LogP contribution in [0.25, 0.3) is 0 Å². The number of halogens is 3. The highest BCUT2D eigenvalue weighted by Crippen LogP contribution is 2.21. The fourth-order valence-electron chi connectivity index (χ4n) is 0.662. The first kappa shape index (κ1) is 11.5. The molecule has 0 amide bonds. The third kappa shape index (κ3) is 9.48. The number of unbranched alkanes of at least 4 members (excludes halogenated alkanes) is 1. The maximum atomic E-state index is 11.6. The first-order chi connectivity index (χ1) is 5.42. The van der Waals surface area contributed by atoms with Crippen molar-refractivity contribution in [2.45, 2.75) is 25.4 Å². The zero-order chi connectivity index (χ0) is 9.61. The van der Waals surface area contributed by atoms with Crippen molar-refractivity contribution in [2.24, 2.45) is 5.73 Å². The first-order valence-electron chi connectivity index (χ1n) is 3.52. The largest absolute Gasteiger partial charge is 0.389 e. The van der Waals surface area contributed by atoms with Crippen molar-refractivity contribution in [3.05, 3.63) is 0 Å². The third-order valence-electron chi connectivity index (χ3n) is 1.19. The molecule has 0 aliphatic rings. The van der Waals surface area contributed by atoms with E-state index in [2.05, 4.69) is 17.5 Å². The van der Waals surface area contributed by atoms with Crippen LogP contribution in [0.15, 0.2) is 0 Å². The summed E-state index contributed by atoms with van der Waals surface area (Å²) in [5.74, 6) is 0. The van der Waals surface area contributed by atoms with E-state index in [1.54, 1.807) is 0 Å². The van der Waals surface area contributed by atoms with Crippen LogP contribution in [0.4, 0.5) is 13.2 Å². The maximum Gasteiger partial charge on any atom is 0.389 e. The van der Waals surface area contributed by atoms with E-state index in [0.717, 1.165) is 0 Å². The van der Waals surface area contributed by atoms with Crippen LogP contribution in [0.3, 0.4) is 0 Å². The minimum Gasteiger partial charge on any atom is -0.376 e. The number of hydrogen-bond donors (Lipinski definition) is 2. The molecule has 0 unspecified atom stereocenters. The van der Waals surface area contributed by atoms with Crippen LogP contribution in [0.1, 0.15) is 19.3 Å². The molecule has 0 aromatic carbocycles. The molecule has 0 aliphatic carbocycles. The molecule has 0 aromatic rings. The second-order valence-corrected chi connectivity index (χ2v) is 2.80.